The van der Waals surface area contributed by atoms with Crippen molar-refractivity contribution in [1.29, 1.82) is 5.26 Å². The van der Waals surface area contributed by atoms with Crippen LogP contribution in [0.4, 0.5) is 14.5 Å². The number of nitrogens with one attached hydrogen (secondary N) is 1. The summed E-state index contributed by atoms with van der Waals surface area (Å²) in [7, 11) is 0. The molecule has 2 aromatic carbocycles. The zero-order valence-electron chi connectivity index (χ0n) is 11.0. The molecule has 2 rings (SSSR count). The minimum atomic E-state index is -0.525. The van der Waals surface area contributed by atoms with Gasteiger partial charge in [0.25, 0.3) is 0 Å². The van der Waals surface area contributed by atoms with Crippen molar-refractivity contribution in [2.45, 2.75) is 19.4 Å². The maximum atomic E-state index is 13.8. The minimum absolute atomic E-state index is 0.0669. The molecule has 0 aliphatic rings. The summed E-state index contributed by atoms with van der Waals surface area (Å²) in [5.74, 6) is -1.000. The van der Waals surface area contributed by atoms with Gasteiger partial charge in [0.15, 0.2) is 0 Å². The van der Waals surface area contributed by atoms with Crippen LogP contribution in [0.5, 0.6) is 0 Å². The van der Waals surface area contributed by atoms with E-state index < -0.39 is 11.6 Å². The molecule has 0 saturated carbocycles. The van der Waals surface area contributed by atoms with E-state index in [0.29, 0.717) is 0 Å². The number of halogens is 2. The van der Waals surface area contributed by atoms with Gasteiger partial charge >= 0.3 is 0 Å². The summed E-state index contributed by atoms with van der Waals surface area (Å²) in [6.07, 6.45) is 0.166. The Hall–Kier alpha value is -2.41. The lowest BCUT2D eigenvalue weighted by atomic mass is 10.0. The molecular formula is C16H14F2N2. The van der Waals surface area contributed by atoms with Gasteiger partial charge in [0.1, 0.15) is 11.6 Å². The highest BCUT2D eigenvalue weighted by Crippen LogP contribution is 2.26. The minimum Gasteiger partial charge on any atom is -0.375 e. The summed E-state index contributed by atoms with van der Waals surface area (Å²) < 4.78 is 27.4. The van der Waals surface area contributed by atoms with Gasteiger partial charge in [-0.2, -0.15) is 5.26 Å². The Balaban J connectivity index is 2.30. The average molecular weight is 272 g/mol. The smallest absolute Gasteiger partial charge is 0.146 e. The molecule has 4 heteroatoms. The molecule has 0 saturated heterocycles. The summed E-state index contributed by atoms with van der Waals surface area (Å²) >= 11 is 0. The van der Waals surface area contributed by atoms with E-state index in [9.17, 15) is 8.78 Å². The van der Waals surface area contributed by atoms with E-state index in [2.05, 4.69) is 11.4 Å². The van der Waals surface area contributed by atoms with Crippen molar-refractivity contribution in [1.82, 2.24) is 0 Å². The SMILES string of the molecule is Cc1cc(F)c(NC(CC#N)c2ccccc2)cc1F. The van der Waals surface area contributed by atoms with Crippen LogP contribution in [0, 0.1) is 29.9 Å². The van der Waals surface area contributed by atoms with E-state index >= 15 is 0 Å². The van der Waals surface area contributed by atoms with Crippen LogP contribution >= 0.6 is 0 Å². The highest BCUT2D eigenvalue weighted by Gasteiger charge is 2.14. The van der Waals surface area contributed by atoms with Crippen molar-refractivity contribution in [3.63, 3.8) is 0 Å². The largest absolute Gasteiger partial charge is 0.375 e. The molecule has 0 heterocycles. The molecule has 2 nitrogen and oxygen atoms in total. The molecule has 102 valence electrons. The molecule has 1 unspecified atom stereocenters. The summed E-state index contributed by atoms with van der Waals surface area (Å²) in [6.45, 7) is 1.51. The second kappa shape index (κ2) is 6.16. The number of nitrogens with zero attached hydrogens (tertiary/aromatic N) is 1. The van der Waals surface area contributed by atoms with Gasteiger partial charge in [0, 0.05) is 6.07 Å². The van der Waals surface area contributed by atoms with Crippen molar-refractivity contribution in [3.05, 3.63) is 65.2 Å². The maximum absolute atomic E-state index is 13.8. The molecule has 0 bridgehead atoms. The fraction of sp³-hybridized carbons (Fsp3) is 0.188. The standard InChI is InChI=1S/C16H14F2N2/c1-11-9-14(18)16(10-13(11)17)20-15(7-8-19)12-5-3-2-4-6-12/h2-6,9-10,15,20H,7H2,1H3. The molecule has 1 N–H and O–H groups in total. The van der Waals surface area contributed by atoms with Crippen molar-refractivity contribution in [2.24, 2.45) is 0 Å². The lowest BCUT2D eigenvalue weighted by Gasteiger charge is -2.18. The number of nitriles is 1. The third-order valence-electron chi connectivity index (χ3n) is 3.08. The summed E-state index contributed by atoms with van der Waals surface area (Å²) in [6, 6.07) is 13.2. The zero-order valence-corrected chi connectivity index (χ0v) is 11.0. The first-order valence-corrected chi connectivity index (χ1v) is 6.26. The van der Waals surface area contributed by atoms with Crippen LogP contribution in [0.1, 0.15) is 23.6 Å². The third kappa shape index (κ3) is 3.12. The fourth-order valence-electron chi connectivity index (χ4n) is 1.97. The molecule has 0 aromatic heterocycles. The van der Waals surface area contributed by atoms with Gasteiger partial charge in [-0.25, -0.2) is 8.78 Å². The fourth-order valence-corrected chi connectivity index (χ4v) is 1.97. The lowest BCUT2D eigenvalue weighted by Crippen LogP contribution is -2.11. The lowest BCUT2D eigenvalue weighted by molar-refractivity contribution is 0.592. The molecule has 0 fully saturated rings. The Kier molecular flexibility index (Phi) is 4.31. The Labute approximate surface area is 116 Å². The van der Waals surface area contributed by atoms with Gasteiger partial charge in [-0.15, -0.1) is 0 Å². The summed E-state index contributed by atoms with van der Waals surface area (Å²) in [4.78, 5) is 0. The molecule has 0 spiro atoms. The first-order valence-electron chi connectivity index (χ1n) is 6.26. The Bertz CT molecular complexity index is 633. The van der Waals surface area contributed by atoms with Crippen LogP contribution in [-0.2, 0) is 0 Å². The first-order chi connectivity index (χ1) is 9.61. The number of aryl methyl sites for hydroxylation is 1. The number of anilines is 1. The Morgan fingerprint density at radius 2 is 1.85 bits per heavy atom. The predicted molar refractivity (Wildman–Crippen MR) is 74.1 cm³/mol. The average Bonchev–Trinajstić information content (AvgIpc) is 2.45. The van der Waals surface area contributed by atoms with Gasteiger partial charge < -0.3 is 5.32 Å². The van der Waals surface area contributed by atoms with Crippen LogP contribution in [0.15, 0.2) is 42.5 Å². The van der Waals surface area contributed by atoms with E-state index in [-0.39, 0.29) is 23.7 Å². The third-order valence-corrected chi connectivity index (χ3v) is 3.08. The van der Waals surface area contributed by atoms with E-state index in [1.807, 2.05) is 30.3 Å². The number of benzene rings is 2. The van der Waals surface area contributed by atoms with Crippen molar-refractivity contribution < 1.29 is 8.78 Å². The number of rotatable bonds is 4. The second-order valence-electron chi connectivity index (χ2n) is 4.55. The van der Waals surface area contributed by atoms with Crippen molar-refractivity contribution in [3.8, 4) is 6.07 Å². The highest BCUT2D eigenvalue weighted by atomic mass is 19.1. The molecule has 0 aliphatic carbocycles. The van der Waals surface area contributed by atoms with Gasteiger partial charge in [0.05, 0.1) is 24.2 Å². The van der Waals surface area contributed by atoms with Gasteiger partial charge in [-0.3, -0.25) is 0 Å². The summed E-state index contributed by atoms with van der Waals surface area (Å²) in [5.41, 5.74) is 1.18. The van der Waals surface area contributed by atoms with Gasteiger partial charge in [-0.05, 0) is 24.1 Å². The topological polar surface area (TPSA) is 35.8 Å². The quantitative estimate of drug-likeness (QED) is 0.898. The highest BCUT2D eigenvalue weighted by molar-refractivity contribution is 5.49. The number of hydrogen-bond acceptors (Lipinski definition) is 2. The van der Waals surface area contributed by atoms with E-state index in [4.69, 9.17) is 5.26 Å². The molecular weight excluding hydrogens is 258 g/mol. The van der Waals surface area contributed by atoms with Crippen LogP contribution in [0.2, 0.25) is 0 Å². The number of hydrogen-bond donors (Lipinski definition) is 1. The van der Waals surface area contributed by atoms with Gasteiger partial charge in [0.2, 0.25) is 0 Å². The predicted octanol–water partition coefficient (Wildman–Crippen LogP) is 4.34. The molecule has 1 atom stereocenters. The molecule has 0 amide bonds. The normalized spacial score (nSPS) is 11.7. The van der Waals surface area contributed by atoms with Crippen LogP contribution in [0.3, 0.4) is 0 Å². The van der Waals surface area contributed by atoms with Crippen LogP contribution in [-0.4, -0.2) is 0 Å². The van der Waals surface area contributed by atoms with E-state index in [1.165, 1.54) is 6.92 Å². The van der Waals surface area contributed by atoms with Crippen LogP contribution in [0.25, 0.3) is 0 Å². The molecule has 20 heavy (non-hydrogen) atoms. The summed E-state index contributed by atoms with van der Waals surface area (Å²) in [5, 5.41) is 11.8. The Morgan fingerprint density at radius 1 is 1.15 bits per heavy atom. The maximum Gasteiger partial charge on any atom is 0.146 e. The second-order valence-corrected chi connectivity index (χ2v) is 4.55. The molecule has 0 radical (unpaired) electrons. The Morgan fingerprint density at radius 3 is 2.50 bits per heavy atom. The molecule has 2 aromatic rings. The zero-order chi connectivity index (χ0) is 14.5. The monoisotopic (exact) mass is 272 g/mol. The van der Waals surface area contributed by atoms with Crippen LogP contribution < -0.4 is 5.32 Å². The first kappa shape index (κ1) is 14.0. The van der Waals surface area contributed by atoms with E-state index in [1.54, 1.807) is 0 Å². The van der Waals surface area contributed by atoms with E-state index in [0.717, 1.165) is 17.7 Å². The van der Waals surface area contributed by atoms with Crippen molar-refractivity contribution >= 4 is 5.69 Å². The molecule has 0 aliphatic heterocycles. The van der Waals surface area contributed by atoms with Gasteiger partial charge in [-0.1, -0.05) is 30.3 Å². The van der Waals surface area contributed by atoms with Crippen molar-refractivity contribution in [2.75, 3.05) is 5.32 Å².